The zero-order chi connectivity index (χ0) is 18.3. The van der Waals surface area contributed by atoms with Gasteiger partial charge < -0.3 is 28.1 Å². The van der Waals surface area contributed by atoms with Crippen LogP contribution in [0.2, 0.25) is 6.04 Å². The number of amides is 1. The van der Waals surface area contributed by atoms with Gasteiger partial charge in [-0.3, -0.25) is 0 Å². The third-order valence-electron chi connectivity index (χ3n) is 2.75. The van der Waals surface area contributed by atoms with E-state index in [4.69, 9.17) is 18.0 Å². The third-order valence-corrected chi connectivity index (χ3v) is 5.90. The van der Waals surface area contributed by atoms with Crippen molar-refractivity contribution in [1.82, 2.24) is 5.32 Å². The van der Waals surface area contributed by atoms with Crippen LogP contribution in [0.5, 0.6) is 0 Å². The minimum Gasteiger partial charge on any atom is -0.459 e. The number of esters is 1. The molecule has 0 bridgehead atoms. The van der Waals surface area contributed by atoms with Crippen molar-refractivity contribution < 1.29 is 32.3 Å². The fraction of sp³-hybridized carbons (Fsp3) is 0.733. The highest BCUT2D eigenvalue weighted by molar-refractivity contribution is 6.60. The van der Waals surface area contributed by atoms with Crippen molar-refractivity contribution in [2.45, 2.75) is 33.2 Å². The largest absolute Gasteiger partial charge is 0.500 e. The Balaban J connectivity index is 3.99. The second-order valence-electron chi connectivity index (χ2n) is 4.52. The van der Waals surface area contributed by atoms with Crippen LogP contribution < -0.4 is 5.32 Å². The SMILES string of the molecule is C=CC(=O)OCCOC(=O)NCCC[Si](OCC)(OCC)OCC. The number of nitrogens with one attached hydrogen (secondary N) is 1. The van der Waals surface area contributed by atoms with Gasteiger partial charge in [-0.1, -0.05) is 6.58 Å². The van der Waals surface area contributed by atoms with Gasteiger partial charge in [0.05, 0.1) is 0 Å². The third kappa shape index (κ3) is 10.4. The van der Waals surface area contributed by atoms with Crippen LogP contribution >= 0.6 is 0 Å². The first kappa shape index (κ1) is 22.6. The van der Waals surface area contributed by atoms with E-state index in [2.05, 4.69) is 16.6 Å². The van der Waals surface area contributed by atoms with Gasteiger partial charge >= 0.3 is 20.9 Å². The molecular formula is C15H29NO7Si. The van der Waals surface area contributed by atoms with Crippen LogP contribution in [0.3, 0.4) is 0 Å². The zero-order valence-corrected chi connectivity index (χ0v) is 15.8. The number of hydrogen-bond acceptors (Lipinski definition) is 7. The van der Waals surface area contributed by atoms with Crippen molar-refractivity contribution in [3.8, 4) is 0 Å². The average molecular weight is 363 g/mol. The lowest BCUT2D eigenvalue weighted by atomic mass is 10.5. The van der Waals surface area contributed by atoms with Crippen molar-refractivity contribution in [2.24, 2.45) is 0 Å². The Hall–Kier alpha value is -1.42. The van der Waals surface area contributed by atoms with E-state index in [1.54, 1.807) is 0 Å². The van der Waals surface area contributed by atoms with Crippen molar-refractivity contribution >= 4 is 20.9 Å². The molecule has 0 saturated carbocycles. The highest BCUT2D eigenvalue weighted by Gasteiger charge is 2.39. The van der Waals surface area contributed by atoms with Crippen LogP contribution in [0.15, 0.2) is 12.7 Å². The molecule has 24 heavy (non-hydrogen) atoms. The highest BCUT2D eigenvalue weighted by atomic mass is 28.4. The summed E-state index contributed by atoms with van der Waals surface area (Å²) in [5.74, 6) is -0.553. The molecule has 140 valence electrons. The molecule has 0 rings (SSSR count). The number of alkyl carbamates (subject to hydrolysis) is 1. The molecule has 0 aromatic carbocycles. The summed E-state index contributed by atoms with van der Waals surface area (Å²) >= 11 is 0. The van der Waals surface area contributed by atoms with E-state index in [1.165, 1.54) is 0 Å². The first-order chi connectivity index (χ1) is 11.5. The van der Waals surface area contributed by atoms with Crippen LogP contribution in [0.4, 0.5) is 4.79 Å². The van der Waals surface area contributed by atoms with E-state index < -0.39 is 20.9 Å². The van der Waals surface area contributed by atoms with Crippen molar-refractivity contribution in [3.05, 3.63) is 12.7 Å². The summed E-state index contributed by atoms with van der Waals surface area (Å²) in [6.07, 6.45) is 1.12. The van der Waals surface area contributed by atoms with E-state index in [0.717, 1.165) is 6.08 Å². The van der Waals surface area contributed by atoms with Gasteiger partial charge in [-0.05, 0) is 27.2 Å². The summed E-state index contributed by atoms with van der Waals surface area (Å²) in [7, 11) is -2.67. The molecule has 0 radical (unpaired) electrons. The maximum atomic E-state index is 11.5. The Kier molecular flexibility index (Phi) is 13.1. The van der Waals surface area contributed by atoms with Crippen LogP contribution in [0.1, 0.15) is 27.2 Å². The summed E-state index contributed by atoms with van der Waals surface area (Å²) in [5.41, 5.74) is 0. The topological polar surface area (TPSA) is 92.3 Å². The molecular weight excluding hydrogens is 334 g/mol. The summed E-state index contributed by atoms with van der Waals surface area (Å²) in [6.45, 7) is 10.9. The van der Waals surface area contributed by atoms with Crippen LogP contribution in [-0.4, -0.2) is 60.4 Å². The van der Waals surface area contributed by atoms with Gasteiger partial charge in [0.25, 0.3) is 0 Å². The Morgan fingerprint density at radius 2 is 1.54 bits per heavy atom. The van der Waals surface area contributed by atoms with Crippen LogP contribution in [0.25, 0.3) is 0 Å². The lowest BCUT2D eigenvalue weighted by molar-refractivity contribution is -0.138. The number of hydrogen-bond donors (Lipinski definition) is 1. The molecule has 0 saturated heterocycles. The minimum absolute atomic E-state index is 0.00663. The molecule has 0 aromatic rings. The van der Waals surface area contributed by atoms with E-state index in [0.29, 0.717) is 38.8 Å². The van der Waals surface area contributed by atoms with Crippen molar-refractivity contribution in [3.63, 3.8) is 0 Å². The predicted octanol–water partition coefficient (Wildman–Crippen LogP) is 1.88. The summed E-state index contributed by atoms with van der Waals surface area (Å²) < 4.78 is 26.7. The molecule has 0 atom stereocenters. The zero-order valence-electron chi connectivity index (χ0n) is 14.8. The maximum absolute atomic E-state index is 11.5. The average Bonchev–Trinajstić information content (AvgIpc) is 2.56. The van der Waals surface area contributed by atoms with Gasteiger partial charge in [0.15, 0.2) is 0 Å². The van der Waals surface area contributed by atoms with Gasteiger partial charge in [0.1, 0.15) is 13.2 Å². The van der Waals surface area contributed by atoms with E-state index in [-0.39, 0.29) is 13.2 Å². The molecule has 1 amide bonds. The molecule has 0 spiro atoms. The monoisotopic (exact) mass is 363 g/mol. The molecule has 0 unspecified atom stereocenters. The van der Waals surface area contributed by atoms with Gasteiger partial charge in [0, 0.05) is 38.5 Å². The van der Waals surface area contributed by atoms with Gasteiger partial charge in [-0.25, -0.2) is 9.59 Å². The fourth-order valence-corrected chi connectivity index (χ4v) is 4.50. The summed E-state index contributed by atoms with van der Waals surface area (Å²) in [6, 6.07) is 0.611. The lowest BCUT2D eigenvalue weighted by Gasteiger charge is -2.28. The highest BCUT2D eigenvalue weighted by Crippen LogP contribution is 2.17. The molecule has 8 nitrogen and oxygen atoms in total. The number of carbonyl (C=O) groups is 2. The lowest BCUT2D eigenvalue weighted by Crippen LogP contribution is -2.46. The van der Waals surface area contributed by atoms with Gasteiger partial charge in [-0.15, -0.1) is 0 Å². The first-order valence-electron chi connectivity index (χ1n) is 8.15. The number of ether oxygens (including phenoxy) is 2. The predicted molar refractivity (Wildman–Crippen MR) is 90.6 cm³/mol. The molecule has 0 aliphatic rings. The normalized spacial score (nSPS) is 11.0. The number of rotatable bonds is 14. The van der Waals surface area contributed by atoms with E-state index in [9.17, 15) is 9.59 Å². The Bertz CT molecular complexity index is 362. The van der Waals surface area contributed by atoms with E-state index in [1.807, 2.05) is 20.8 Å². The van der Waals surface area contributed by atoms with Gasteiger partial charge in [0.2, 0.25) is 0 Å². The molecule has 0 aliphatic heterocycles. The number of carbonyl (C=O) groups excluding carboxylic acids is 2. The van der Waals surface area contributed by atoms with Crippen LogP contribution in [-0.2, 0) is 27.5 Å². The second-order valence-corrected chi connectivity index (χ2v) is 7.25. The molecule has 0 heterocycles. The Morgan fingerprint density at radius 1 is 1.00 bits per heavy atom. The Morgan fingerprint density at radius 3 is 2.04 bits per heavy atom. The van der Waals surface area contributed by atoms with Crippen LogP contribution in [0, 0.1) is 0 Å². The standard InChI is InChI=1S/C15H29NO7Si/c1-5-14(17)19-11-12-20-15(18)16-10-9-13-24(21-6-2,22-7-3)23-8-4/h5H,1,6-13H2,2-4H3,(H,16,18). The molecule has 1 N–H and O–H groups in total. The first-order valence-corrected chi connectivity index (χ1v) is 10.1. The Labute approximate surface area is 144 Å². The summed E-state index contributed by atoms with van der Waals surface area (Å²) in [5, 5.41) is 2.62. The molecule has 9 heteroatoms. The maximum Gasteiger partial charge on any atom is 0.500 e. The second kappa shape index (κ2) is 14.0. The fourth-order valence-electron chi connectivity index (χ4n) is 1.88. The smallest absolute Gasteiger partial charge is 0.459 e. The van der Waals surface area contributed by atoms with Crippen molar-refractivity contribution in [2.75, 3.05) is 39.6 Å². The van der Waals surface area contributed by atoms with E-state index >= 15 is 0 Å². The van der Waals surface area contributed by atoms with Gasteiger partial charge in [-0.2, -0.15) is 0 Å². The minimum atomic E-state index is -2.67. The quantitative estimate of drug-likeness (QED) is 0.218. The molecule has 0 aromatic heterocycles. The molecule has 0 aliphatic carbocycles. The van der Waals surface area contributed by atoms with Crippen molar-refractivity contribution in [1.29, 1.82) is 0 Å². The molecule has 0 fully saturated rings. The summed E-state index contributed by atoms with van der Waals surface area (Å²) in [4.78, 5) is 22.3.